The van der Waals surface area contributed by atoms with Gasteiger partial charge >= 0.3 is 0 Å². The molecular weight excluding hydrogens is 204 g/mol. The average molecular weight is 224 g/mol. The van der Waals surface area contributed by atoms with E-state index in [0.717, 1.165) is 0 Å². The van der Waals surface area contributed by atoms with Gasteiger partial charge in [-0.15, -0.1) is 0 Å². The third kappa shape index (κ3) is 2.41. The zero-order valence-electron chi connectivity index (χ0n) is 10.9. The summed E-state index contributed by atoms with van der Waals surface area (Å²) in [5, 5.41) is 0. The van der Waals surface area contributed by atoms with Crippen LogP contribution in [-0.2, 0) is 0 Å². The number of rotatable bonds is 3. The van der Waals surface area contributed by atoms with Gasteiger partial charge in [0.1, 0.15) is 0 Å². The lowest BCUT2D eigenvalue weighted by Crippen LogP contribution is -1.98. The van der Waals surface area contributed by atoms with Crippen LogP contribution in [0, 0.1) is 6.92 Å². The molecular formula is C17H20. The Hall–Kier alpha value is -1.56. The molecule has 1 atom stereocenters. The minimum Gasteiger partial charge on any atom is -0.0648 e. The topological polar surface area (TPSA) is 0 Å². The third-order valence-electron chi connectivity index (χ3n) is 3.51. The predicted molar refractivity (Wildman–Crippen MR) is 75.3 cm³/mol. The van der Waals surface area contributed by atoms with E-state index in [1.54, 1.807) is 0 Å². The fourth-order valence-corrected chi connectivity index (χ4v) is 2.41. The van der Waals surface area contributed by atoms with E-state index >= 15 is 0 Å². The van der Waals surface area contributed by atoms with Gasteiger partial charge in [0, 0.05) is 0 Å². The standard InChI is InChI=1S/C17H20/c1-4-13(2)17-14(3)9-8-12-16(17)15-10-6-5-7-11-15/h5-13H,4H2,1-3H3. The van der Waals surface area contributed by atoms with Gasteiger partial charge in [0.15, 0.2) is 0 Å². The van der Waals surface area contributed by atoms with Gasteiger partial charge in [0.25, 0.3) is 0 Å². The summed E-state index contributed by atoms with van der Waals surface area (Å²) in [6, 6.07) is 17.3. The Morgan fingerprint density at radius 3 is 2.29 bits per heavy atom. The number of hydrogen-bond acceptors (Lipinski definition) is 0. The van der Waals surface area contributed by atoms with Crippen LogP contribution in [0.1, 0.15) is 37.3 Å². The summed E-state index contributed by atoms with van der Waals surface area (Å²) in [5.74, 6) is 0.617. The van der Waals surface area contributed by atoms with Gasteiger partial charge in [-0.1, -0.05) is 62.4 Å². The second-order valence-electron chi connectivity index (χ2n) is 4.71. The van der Waals surface area contributed by atoms with Crippen molar-refractivity contribution in [2.45, 2.75) is 33.1 Å². The van der Waals surface area contributed by atoms with E-state index in [2.05, 4.69) is 69.3 Å². The molecule has 0 amide bonds. The van der Waals surface area contributed by atoms with E-state index in [1.165, 1.54) is 28.7 Å². The van der Waals surface area contributed by atoms with Crippen LogP contribution < -0.4 is 0 Å². The van der Waals surface area contributed by atoms with Crippen LogP contribution in [0.5, 0.6) is 0 Å². The summed E-state index contributed by atoms with van der Waals surface area (Å²) < 4.78 is 0. The van der Waals surface area contributed by atoms with Gasteiger partial charge in [-0.3, -0.25) is 0 Å². The second kappa shape index (κ2) is 5.18. The van der Waals surface area contributed by atoms with Gasteiger partial charge in [-0.05, 0) is 41.5 Å². The monoisotopic (exact) mass is 224 g/mol. The van der Waals surface area contributed by atoms with E-state index in [1.807, 2.05) is 0 Å². The highest BCUT2D eigenvalue weighted by Gasteiger charge is 2.12. The van der Waals surface area contributed by atoms with Crippen molar-refractivity contribution in [3.63, 3.8) is 0 Å². The molecule has 2 rings (SSSR count). The Kier molecular flexibility index (Phi) is 3.63. The first-order chi connectivity index (χ1) is 8.24. The molecule has 0 spiro atoms. The number of hydrogen-bond donors (Lipinski definition) is 0. The molecule has 0 fully saturated rings. The molecule has 2 aromatic carbocycles. The molecule has 17 heavy (non-hydrogen) atoms. The smallest absolute Gasteiger partial charge is 0.0147 e. The van der Waals surface area contributed by atoms with Crippen LogP contribution >= 0.6 is 0 Å². The summed E-state index contributed by atoms with van der Waals surface area (Å²) in [6.07, 6.45) is 1.19. The van der Waals surface area contributed by atoms with E-state index < -0.39 is 0 Å². The quantitative estimate of drug-likeness (QED) is 0.674. The normalized spacial score (nSPS) is 12.4. The van der Waals surface area contributed by atoms with Crippen molar-refractivity contribution in [2.24, 2.45) is 0 Å². The van der Waals surface area contributed by atoms with E-state index in [9.17, 15) is 0 Å². The average Bonchev–Trinajstić information content (AvgIpc) is 2.38. The fourth-order valence-electron chi connectivity index (χ4n) is 2.41. The molecule has 0 heteroatoms. The van der Waals surface area contributed by atoms with Crippen molar-refractivity contribution in [3.8, 4) is 11.1 Å². The van der Waals surface area contributed by atoms with Crippen LogP contribution in [0.25, 0.3) is 11.1 Å². The highest BCUT2D eigenvalue weighted by Crippen LogP contribution is 2.33. The molecule has 0 radical (unpaired) electrons. The summed E-state index contributed by atoms with van der Waals surface area (Å²) in [4.78, 5) is 0. The number of benzene rings is 2. The maximum atomic E-state index is 2.31. The van der Waals surface area contributed by atoms with Gasteiger partial charge in [-0.25, -0.2) is 0 Å². The summed E-state index contributed by atoms with van der Waals surface area (Å²) in [5.41, 5.74) is 5.62. The lowest BCUT2D eigenvalue weighted by atomic mass is 9.87. The molecule has 0 saturated heterocycles. The van der Waals surface area contributed by atoms with Crippen molar-refractivity contribution in [2.75, 3.05) is 0 Å². The molecule has 88 valence electrons. The fraction of sp³-hybridized carbons (Fsp3) is 0.294. The van der Waals surface area contributed by atoms with Crippen molar-refractivity contribution in [3.05, 3.63) is 59.7 Å². The third-order valence-corrected chi connectivity index (χ3v) is 3.51. The highest BCUT2D eigenvalue weighted by molar-refractivity contribution is 5.69. The predicted octanol–water partition coefficient (Wildman–Crippen LogP) is 5.18. The SMILES string of the molecule is CCC(C)c1c(C)cccc1-c1ccccc1. The molecule has 0 nitrogen and oxygen atoms in total. The van der Waals surface area contributed by atoms with E-state index in [0.29, 0.717) is 5.92 Å². The van der Waals surface area contributed by atoms with Gasteiger partial charge in [0.05, 0.1) is 0 Å². The summed E-state index contributed by atoms with van der Waals surface area (Å²) in [7, 11) is 0. The van der Waals surface area contributed by atoms with Crippen LogP contribution in [-0.4, -0.2) is 0 Å². The molecule has 0 aliphatic carbocycles. The molecule has 0 aromatic heterocycles. The van der Waals surface area contributed by atoms with E-state index in [-0.39, 0.29) is 0 Å². The van der Waals surface area contributed by atoms with Crippen LogP contribution in [0.4, 0.5) is 0 Å². The first-order valence-electron chi connectivity index (χ1n) is 6.39. The van der Waals surface area contributed by atoms with Gasteiger partial charge in [0.2, 0.25) is 0 Å². The molecule has 0 saturated carbocycles. The molecule has 0 heterocycles. The number of aryl methyl sites for hydroxylation is 1. The first kappa shape index (κ1) is 11.9. The zero-order valence-corrected chi connectivity index (χ0v) is 10.9. The summed E-state index contributed by atoms with van der Waals surface area (Å²) >= 11 is 0. The van der Waals surface area contributed by atoms with Crippen LogP contribution in [0.3, 0.4) is 0 Å². The minimum absolute atomic E-state index is 0.617. The largest absolute Gasteiger partial charge is 0.0648 e. The van der Waals surface area contributed by atoms with Gasteiger partial charge in [-0.2, -0.15) is 0 Å². The molecule has 2 aromatic rings. The van der Waals surface area contributed by atoms with Crippen molar-refractivity contribution in [1.82, 2.24) is 0 Å². The Morgan fingerprint density at radius 2 is 1.65 bits per heavy atom. The summed E-state index contributed by atoms with van der Waals surface area (Å²) in [6.45, 7) is 6.79. The lowest BCUT2D eigenvalue weighted by molar-refractivity contribution is 0.730. The highest BCUT2D eigenvalue weighted by atomic mass is 14.2. The molecule has 1 unspecified atom stereocenters. The maximum Gasteiger partial charge on any atom is -0.0147 e. The van der Waals surface area contributed by atoms with Crippen molar-refractivity contribution in [1.29, 1.82) is 0 Å². The molecule has 0 aliphatic heterocycles. The Bertz CT molecular complexity index is 483. The lowest BCUT2D eigenvalue weighted by Gasteiger charge is -2.18. The Labute approximate surface area is 104 Å². The van der Waals surface area contributed by atoms with Crippen LogP contribution in [0.15, 0.2) is 48.5 Å². The molecule has 0 bridgehead atoms. The Balaban J connectivity index is 2.58. The van der Waals surface area contributed by atoms with E-state index in [4.69, 9.17) is 0 Å². The second-order valence-corrected chi connectivity index (χ2v) is 4.71. The Morgan fingerprint density at radius 1 is 0.941 bits per heavy atom. The molecule has 0 aliphatic rings. The van der Waals surface area contributed by atoms with Gasteiger partial charge < -0.3 is 0 Å². The maximum absolute atomic E-state index is 2.31. The van der Waals surface area contributed by atoms with Crippen molar-refractivity contribution < 1.29 is 0 Å². The van der Waals surface area contributed by atoms with Crippen LogP contribution in [0.2, 0.25) is 0 Å². The van der Waals surface area contributed by atoms with Crippen molar-refractivity contribution >= 4 is 0 Å². The minimum atomic E-state index is 0.617. The zero-order chi connectivity index (χ0) is 12.3. The molecule has 0 N–H and O–H groups in total. The first-order valence-corrected chi connectivity index (χ1v) is 6.39.